The third kappa shape index (κ3) is 1.94. The van der Waals surface area contributed by atoms with Crippen molar-refractivity contribution in [3.05, 3.63) is 36.0 Å². The summed E-state index contributed by atoms with van der Waals surface area (Å²) in [6.07, 6.45) is 0. The monoisotopic (exact) mass is 219 g/mol. The van der Waals surface area contributed by atoms with Crippen LogP contribution < -0.4 is 0 Å². The Balaban J connectivity index is 2.59. The summed E-state index contributed by atoms with van der Waals surface area (Å²) in [5.41, 5.74) is 1.05. The predicted molar refractivity (Wildman–Crippen MR) is 60.3 cm³/mol. The van der Waals surface area contributed by atoms with Gasteiger partial charge in [0.15, 0.2) is 0 Å². The number of esters is 1. The van der Waals surface area contributed by atoms with E-state index < -0.39 is 5.97 Å². The van der Waals surface area contributed by atoms with Crippen LogP contribution in [0.3, 0.4) is 0 Å². The van der Waals surface area contributed by atoms with E-state index in [0.29, 0.717) is 5.69 Å². The summed E-state index contributed by atoms with van der Waals surface area (Å²) < 4.78 is 4.59. The van der Waals surface area contributed by atoms with Crippen LogP contribution in [0.4, 0.5) is 0 Å². The van der Waals surface area contributed by atoms with Gasteiger partial charge in [-0.1, -0.05) is 12.1 Å². The van der Waals surface area contributed by atoms with Crippen LogP contribution >= 0.6 is 12.6 Å². The first-order valence-corrected chi connectivity index (χ1v) is 4.83. The summed E-state index contributed by atoms with van der Waals surface area (Å²) in [5, 5.41) is 0.973. The SMILES string of the molecule is COC(=O)c1ccc2ccc(S)cc2n1. The molecule has 0 N–H and O–H groups in total. The third-order valence-corrected chi connectivity index (χ3v) is 2.35. The fraction of sp³-hybridized carbons (Fsp3) is 0.0909. The number of nitrogens with zero attached hydrogens (tertiary/aromatic N) is 1. The first kappa shape index (κ1) is 9.98. The smallest absolute Gasteiger partial charge is 0.356 e. The molecular weight excluding hydrogens is 210 g/mol. The van der Waals surface area contributed by atoms with E-state index in [1.54, 1.807) is 6.07 Å². The van der Waals surface area contributed by atoms with Crippen molar-refractivity contribution in [1.29, 1.82) is 0 Å². The number of pyridine rings is 1. The van der Waals surface area contributed by atoms with Crippen LogP contribution in [0.25, 0.3) is 10.9 Å². The average Bonchev–Trinajstić information content (AvgIpc) is 2.27. The zero-order chi connectivity index (χ0) is 10.8. The van der Waals surface area contributed by atoms with E-state index in [1.807, 2.05) is 24.3 Å². The molecule has 2 rings (SSSR count). The maximum absolute atomic E-state index is 11.2. The number of fused-ring (bicyclic) bond motifs is 1. The lowest BCUT2D eigenvalue weighted by atomic mass is 10.2. The van der Waals surface area contributed by atoms with Crippen molar-refractivity contribution in [2.75, 3.05) is 7.11 Å². The van der Waals surface area contributed by atoms with Gasteiger partial charge in [-0.15, -0.1) is 12.6 Å². The number of carbonyl (C=O) groups is 1. The van der Waals surface area contributed by atoms with E-state index in [1.165, 1.54) is 7.11 Å². The standard InChI is InChI=1S/C11H9NO2S/c1-14-11(13)9-5-3-7-2-4-8(15)6-10(7)12-9/h2-6,15H,1H3. The zero-order valence-corrected chi connectivity index (χ0v) is 8.99. The molecule has 1 heterocycles. The summed E-state index contributed by atoms with van der Waals surface area (Å²) in [7, 11) is 1.34. The Morgan fingerprint density at radius 2 is 2.07 bits per heavy atom. The summed E-state index contributed by atoms with van der Waals surface area (Å²) >= 11 is 4.21. The number of thiol groups is 1. The topological polar surface area (TPSA) is 39.2 Å². The minimum Gasteiger partial charge on any atom is -0.464 e. The van der Waals surface area contributed by atoms with Crippen molar-refractivity contribution in [3.63, 3.8) is 0 Å². The van der Waals surface area contributed by atoms with Gasteiger partial charge >= 0.3 is 5.97 Å². The molecule has 0 aliphatic heterocycles. The van der Waals surface area contributed by atoms with Crippen LogP contribution in [0, 0.1) is 0 Å². The Hall–Kier alpha value is -1.55. The largest absolute Gasteiger partial charge is 0.464 e. The van der Waals surface area contributed by atoms with Crippen molar-refractivity contribution in [2.24, 2.45) is 0 Å². The quantitative estimate of drug-likeness (QED) is 0.591. The van der Waals surface area contributed by atoms with Gasteiger partial charge in [0.1, 0.15) is 5.69 Å². The van der Waals surface area contributed by atoms with Crippen LogP contribution in [-0.4, -0.2) is 18.1 Å². The molecule has 0 saturated carbocycles. The number of ether oxygens (including phenoxy) is 1. The highest BCUT2D eigenvalue weighted by atomic mass is 32.1. The number of aromatic nitrogens is 1. The molecule has 76 valence electrons. The van der Waals surface area contributed by atoms with Gasteiger partial charge in [0.05, 0.1) is 12.6 Å². The van der Waals surface area contributed by atoms with Crippen LogP contribution in [0.1, 0.15) is 10.5 Å². The van der Waals surface area contributed by atoms with E-state index in [-0.39, 0.29) is 0 Å². The average molecular weight is 219 g/mol. The first-order valence-electron chi connectivity index (χ1n) is 4.39. The zero-order valence-electron chi connectivity index (χ0n) is 8.10. The van der Waals surface area contributed by atoms with Gasteiger partial charge in [-0.25, -0.2) is 9.78 Å². The van der Waals surface area contributed by atoms with Crippen LogP contribution in [0.2, 0.25) is 0 Å². The Morgan fingerprint density at radius 3 is 2.80 bits per heavy atom. The molecular formula is C11H9NO2S. The van der Waals surface area contributed by atoms with E-state index in [0.717, 1.165) is 15.8 Å². The fourth-order valence-corrected chi connectivity index (χ4v) is 1.52. The Labute approximate surface area is 92.5 Å². The van der Waals surface area contributed by atoms with Gasteiger partial charge in [0, 0.05) is 10.3 Å². The first-order chi connectivity index (χ1) is 7.20. The molecule has 0 aliphatic rings. The molecule has 0 aliphatic carbocycles. The minimum atomic E-state index is -0.429. The van der Waals surface area contributed by atoms with Crippen molar-refractivity contribution < 1.29 is 9.53 Å². The van der Waals surface area contributed by atoms with Crippen molar-refractivity contribution in [2.45, 2.75) is 4.90 Å². The molecule has 0 unspecified atom stereocenters. The summed E-state index contributed by atoms with van der Waals surface area (Å²) in [5.74, 6) is -0.429. The summed E-state index contributed by atoms with van der Waals surface area (Å²) in [4.78, 5) is 16.2. The Kier molecular flexibility index (Phi) is 2.60. The van der Waals surface area contributed by atoms with Gasteiger partial charge in [-0.2, -0.15) is 0 Å². The number of hydrogen-bond donors (Lipinski definition) is 1. The van der Waals surface area contributed by atoms with Gasteiger partial charge in [0.2, 0.25) is 0 Å². The predicted octanol–water partition coefficient (Wildman–Crippen LogP) is 2.31. The normalized spacial score (nSPS) is 10.3. The van der Waals surface area contributed by atoms with E-state index in [9.17, 15) is 4.79 Å². The molecule has 0 bridgehead atoms. The maximum Gasteiger partial charge on any atom is 0.356 e. The molecule has 3 nitrogen and oxygen atoms in total. The van der Waals surface area contributed by atoms with Gasteiger partial charge in [0.25, 0.3) is 0 Å². The second-order valence-electron chi connectivity index (χ2n) is 3.07. The number of methoxy groups -OCH3 is 1. The molecule has 15 heavy (non-hydrogen) atoms. The fourth-order valence-electron chi connectivity index (χ4n) is 1.32. The lowest BCUT2D eigenvalue weighted by Gasteiger charge is -2.01. The molecule has 0 radical (unpaired) electrons. The van der Waals surface area contributed by atoms with Crippen molar-refractivity contribution >= 4 is 29.5 Å². The van der Waals surface area contributed by atoms with Crippen molar-refractivity contribution in [1.82, 2.24) is 4.98 Å². The summed E-state index contributed by atoms with van der Waals surface area (Å²) in [6, 6.07) is 9.08. The van der Waals surface area contributed by atoms with Gasteiger partial charge < -0.3 is 4.74 Å². The molecule has 0 atom stereocenters. The van der Waals surface area contributed by atoms with Crippen LogP contribution in [-0.2, 0) is 4.74 Å². The van der Waals surface area contributed by atoms with Gasteiger partial charge in [-0.05, 0) is 18.2 Å². The Bertz CT molecular complexity index is 525. The number of benzene rings is 1. The molecule has 2 aromatic rings. The molecule has 0 fully saturated rings. The van der Waals surface area contributed by atoms with E-state index >= 15 is 0 Å². The maximum atomic E-state index is 11.2. The highest BCUT2D eigenvalue weighted by Gasteiger charge is 2.07. The lowest BCUT2D eigenvalue weighted by Crippen LogP contribution is -2.03. The molecule has 4 heteroatoms. The molecule has 1 aromatic heterocycles. The lowest BCUT2D eigenvalue weighted by molar-refractivity contribution is 0.0594. The molecule has 0 saturated heterocycles. The minimum absolute atomic E-state index is 0.309. The highest BCUT2D eigenvalue weighted by molar-refractivity contribution is 7.80. The molecule has 0 spiro atoms. The Morgan fingerprint density at radius 1 is 1.33 bits per heavy atom. The van der Waals surface area contributed by atoms with E-state index in [2.05, 4.69) is 22.3 Å². The van der Waals surface area contributed by atoms with Crippen LogP contribution in [0.5, 0.6) is 0 Å². The number of rotatable bonds is 1. The van der Waals surface area contributed by atoms with Gasteiger partial charge in [-0.3, -0.25) is 0 Å². The van der Waals surface area contributed by atoms with Crippen molar-refractivity contribution in [3.8, 4) is 0 Å². The highest BCUT2D eigenvalue weighted by Crippen LogP contribution is 2.17. The molecule has 1 aromatic carbocycles. The number of carbonyl (C=O) groups excluding carboxylic acids is 1. The second-order valence-corrected chi connectivity index (χ2v) is 3.58. The van der Waals surface area contributed by atoms with E-state index in [4.69, 9.17) is 0 Å². The number of hydrogen-bond acceptors (Lipinski definition) is 4. The second kappa shape index (κ2) is 3.90. The third-order valence-electron chi connectivity index (χ3n) is 2.07. The summed E-state index contributed by atoms with van der Waals surface area (Å²) in [6.45, 7) is 0. The molecule has 0 amide bonds. The van der Waals surface area contributed by atoms with Crippen LogP contribution in [0.15, 0.2) is 35.2 Å².